The monoisotopic (exact) mass is 324 g/mol. The zero-order chi connectivity index (χ0) is 17.7. The highest BCUT2D eigenvalue weighted by atomic mass is 15.1. The zero-order valence-corrected chi connectivity index (χ0v) is 15.8. The van der Waals surface area contributed by atoms with Gasteiger partial charge in [0.2, 0.25) is 0 Å². The SMILES string of the molecule is C=CCc1c(NC)cccc1C1=CCN(C(=C)CC(C)(C)C)CC1. The van der Waals surface area contributed by atoms with E-state index in [4.69, 9.17) is 0 Å². The molecule has 1 aromatic rings. The number of hydrogen-bond acceptors (Lipinski definition) is 2. The van der Waals surface area contributed by atoms with Crippen LogP contribution in [0.1, 0.15) is 44.7 Å². The van der Waals surface area contributed by atoms with Crippen LogP contribution in [-0.4, -0.2) is 25.0 Å². The van der Waals surface area contributed by atoms with Crippen LogP contribution < -0.4 is 5.32 Å². The molecular formula is C22H32N2. The molecule has 2 heteroatoms. The van der Waals surface area contributed by atoms with E-state index in [2.05, 4.69) is 68.4 Å². The molecule has 1 aliphatic rings. The van der Waals surface area contributed by atoms with E-state index in [1.165, 1.54) is 28.1 Å². The molecule has 0 radical (unpaired) electrons. The smallest absolute Gasteiger partial charge is 0.0379 e. The van der Waals surface area contributed by atoms with Gasteiger partial charge in [0.1, 0.15) is 0 Å². The Balaban J connectivity index is 2.18. The van der Waals surface area contributed by atoms with Crippen molar-refractivity contribution in [3.8, 4) is 0 Å². The van der Waals surface area contributed by atoms with Crippen LogP contribution in [0.5, 0.6) is 0 Å². The fourth-order valence-electron chi connectivity index (χ4n) is 3.41. The molecule has 0 unspecified atom stereocenters. The van der Waals surface area contributed by atoms with Crippen molar-refractivity contribution in [3.05, 3.63) is 60.3 Å². The molecule has 2 nitrogen and oxygen atoms in total. The maximum absolute atomic E-state index is 4.31. The van der Waals surface area contributed by atoms with Crippen molar-refractivity contribution in [3.63, 3.8) is 0 Å². The third kappa shape index (κ3) is 4.53. The molecule has 1 aliphatic heterocycles. The van der Waals surface area contributed by atoms with Gasteiger partial charge in [0.15, 0.2) is 0 Å². The van der Waals surface area contributed by atoms with Crippen LogP contribution in [0.3, 0.4) is 0 Å². The van der Waals surface area contributed by atoms with Gasteiger partial charge in [-0.1, -0.05) is 51.6 Å². The van der Waals surface area contributed by atoms with Crippen LogP contribution in [0, 0.1) is 5.41 Å². The first-order valence-electron chi connectivity index (χ1n) is 8.88. The Hall–Kier alpha value is -1.96. The lowest BCUT2D eigenvalue weighted by molar-refractivity contribution is 0.308. The van der Waals surface area contributed by atoms with E-state index in [1.54, 1.807) is 0 Å². The van der Waals surface area contributed by atoms with Crippen LogP contribution in [0.2, 0.25) is 0 Å². The van der Waals surface area contributed by atoms with Crippen molar-refractivity contribution in [2.45, 2.75) is 40.0 Å². The predicted molar refractivity (Wildman–Crippen MR) is 107 cm³/mol. The summed E-state index contributed by atoms with van der Waals surface area (Å²) in [6.45, 7) is 17.1. The number of anilines is 1. The van der Waals surface area contributed by atoms with E-state index >= 15 is 0 Å². The van der Waals surface area contributed by atoms with E-state index in [1.807, 2.05) is 13.1 Å². The van der Waals surface area contributed by atoms with Crippen molar-refractivity contribution in [1.82, 2.24) is 4.90 Å². The van der Waals surface area contributed by atoms with Gasteiger partial charge in [-0.2, -0.15) is 0 Å². The molecule has 130 valence electrons. The summed E-state index contributed by atoms with van der Waals surface area (Å²) >= 11 is 0. The average molecular weight is 325 g/mol. The van der Waals surface area contributed by atoms with Gasteiger partial charge in [0.05, 0.1) is 0 Å². The summed E-state index contributed by atoms with van der Waals surface area (Å²) in [5, 5.41) is 3.31. The molecule has 0 amide bonds. The lowest BCUT2D eigenvalue weighted by Crippen LogP contribution is -2.29. The van der Waals surface area contributed by atoms with E-state index in [0.29, 0.717) is 5.41 Å². The molecule has 2 rings (SSSR count). The second-order valence-corrected chi connectivity index (χ2v) is 7.80. The van der Waals surface area contributed by atoms with Crippen molar-refractivity contribution in [2.24, 2.45) is 5.41 Å². The third-order valence-electron chi connectivity index (χ3n) is 4.53. The average Bonchev–Trinajstić information content (AvgIpc) is 2.54. The lowest BCUT2D eigenvalue weighted by atomic mass is 9.89. The van der Waals surface area contributed by atoms with Crippen molar-refractivity contribution in [1.29, 1.82) is 0 Å². The van der Waals surface area contributed by atoms with Gasteiger partial charge in [0.25, 0.3) is 0 Å². The highest BCUT2D eigenvalue weighted by Crippen LogP contribution is 2.32. The fourth-order valence-corrected chi connectivity index (χ4v) is 3.41. The van der Waals surface area contributed by atoms with Gasteiger partial charge in [-0.3, -0.25) is 0 Å². The molecule has 0 saturated heterocycles. The first kappa shape index (κ1) is 18.4. The molecule has 0 bridgehead atoms. The maximum atomic E-state index is 4.31. The van der Waals surface area contributed by atoms with E-state index in [0.717, 1.165) is 32.4 Å². The standard InChI is InChI=1S/C22H32N2/c1-7-9-20-19(10-8-11-21(20)23-6)18-12-14-24(15-13-18)17(2)16-22(3,4)5/h7-8,10-12,23H,1-2,9,13-16H2,3-6H3. The molecule has 24 heavy (non-hydrogen) atoms. The van der Waals surface area contributed by atoms with Gasteiger partial charge in [-0.05, 0) is 47.4 Å². The van der Waals surface area contributed by atoms with Crippen LogP contribution in [-0.2, 0) is 6.42 Å². The summed E-state index contributed by atoms with van der Waals surface area (Å²) in [6, 6.07) is 6.52. The molecule has 0 atom stereocenters. The third-order valence-corrected chi connectivity index (χ3v) is 4.53. The lowest BCUT2D eigenvalue weighted by Gasteiger charge is -2.33. The number of nitrogens with zero attached hydrogens (tertiary/aromatic N) is 1. The second-order valence-electron chi connectivity index (χ2n) is 7.80. The molecule has 0 saturated carbocycles. The minimum absolute atomic E-state index is 0.291. The highest BCUT2D eigenvalue weighted by Gasteiger charge is 2.20. The van der Waals surface area contributed by atoms with Crippen molar-refractivity contribution in [2.75, 3.05) is 25.5 Å². The van der Waals surface area contributed by atoms with E-state index < -0.39 is 0 Å². The number of nitrogens with one attached hydrogen (secondary N) is 1. The Kier molecular flexibility index (Phi) is 5.93. The van der Waals surface area contributed by atoms with Crippen molar-refractivity contribution >= 4 is 11.3 Å². The molecule has 1 N–H and O–H groups in total. The number of allylic oxidation sites excluding steroid dienone is 2. The topological polar surface area (TPSA) is 15.3 Å². The van der Waals surface area contributed by atoms with Gasteiger partial charge in [-0.25, -0.2) is 0 Å². The first-order chi connectivity index (χ1) is 11.4. The van der Waals surface area contributed by atoms with Gasteiger partial charge >= 0.3 is 0 Å². The Morgan fingerprint density at radius 3 is 2.62 bits per heavy atom. The second kappa shape index (κ2) is 7.74. The summed E-state index contributed by atoms with van der Waals surface area (Å²) in [5.41, 5.74) is 6.91. The summed E-state index contributed by atoms with van der Waals surface area (Å²) in [5.74, 6) is 0. The predicted octanol–water partition coefficient (Wildman–Crippen LogP) is 5.50. The Morgan fingerprint density at radius 1 is 1.33 bits per heavy atom. The van der Waals surface area contributed by atoms with Crippen LogP contribution in [0.4, 0.5) is 5.69 Å². The maximum Gasteiger partial charge on any atom is 0.0379 e. The minimum atomic E-state index is 0.291. The largest absolute Gasteiger partial charge is 0.388 e. The van der Waals surface area contributed by atoms with Gasteiger partial charge in [-0.15, -0.1) is 6.58 Å². The normalized spacial score (nSPS) is 15.0. The quantitative estimate of drug-likeness (QED) is 0.695. The fraction of sp³-hybridized carbons (Fsp3) is 0.455. The van der Waals surface area contributed by atoms with E-state index in [-0.39, 0.29) is 0 Å². The van der Waals surface area contributed by atoms with Crippen LogP contribution in [0.25, 0.3) is 5.57 Å². The molecular weight excluding hydrogens is 292 g/mol. The molecule has 0 aromatic heterocycles. The molecule has 1 aromatic carbocycles. The summed E-state index contributed by atoms with van der Waals surface area (Å²) in [4.78, 5) is 2.42. The Labute approximate surface area is 148 Å². The molecule has 0 spiro atoms. The summed E-state index contributed by atoms with van der Waals surface area (Å²) in [7, 11) is 1.99. The van der Waals surface area contributed by atoms with Gasteiger partial charge < -0.3 is 10.2 Å². The Bertz CT molecular complexity index is 632. The number of hydrogen-bond donors (Lipinski definition) is 1. The highest BCUT2D eigenvalue weighted by molar-refractivity contribution is 5.74. The summed E-state index contributed by atoms with van der Waals surface area (Å²) in [6.07, 6.45) is 7.37. The molecule has 1 heterocycles. The zero-order valence-electron chi connectivity index (χ0n) is 15.8. The Morgan fingerprint density at radius 2 is 2.08 bits per heavy atom. The molecule has 0 fully saturated rings. The van der Waals surface area contributed by atoms with Crippen molar-refractivity contribution < 1.29 is 0 Å². The minimum Gasteiger partial charge on any atom is -0.388 e. The van der Waals surface area contributed by atoms with Gasteiger partial charge in [0, 0.05) is 31.5 Å². The van der Waals surface area contributed by atoms with E-state index in [9.17, 15) is 0 Å². The number of benzene rings is 1. The van der Waals surface area contributed by atoms with Crippen LogP contribution in [0.15, 0.2) is 49.2 Å². The van der Waals surface area contributed by atoms with Crippen LogP contribution >= 0.6 is 0 Å². The first-order valence-corrected chi connectivity index (χ1v) is 8.88. The molecule has 0 aliphatic carbocycles. The summed E-state index contributed by atoms with van der Waals surface area (Å²) < 4.78 is 0. The number of rotatable bonds is 6.